The van der Waals surface area contributed by atoms with E-state index in [4.69, 9.17) is 13.9 Å². The molecule has 8 heteroatoms. The summed E-state index contributed by atoms with van der Waals surface area (Å²) in [6.45, 7) is 1.34. The Kier molecular flexibility index (Phi) is 7.26. The summed E-state index contributed by atoms with van der Waals surface area (Å²) in [6, 6.07) is 10.1. The maximum Gasteiger partial charge on any atom is 0.274 e. The van der Waals surface area contributed by atoms with Crippen LogP contribution in [0.15, 0.2) is 41.0 Å². The molecule has 0 spiro atoms. The largest absolute Gasteiger partial charge is 0.493 e. The summed E-state index contributed by atoms with van der Waals surface area (Å²) in [4.78, 5) is 17.3. The van der Waals surface area contributed by atoms with Crippen LogP contribution in [0.2, 0.25) is 0 Å². The number of nitrogens with zero attached hydrogens (tertiary/aromatic N) is 4. The number of rotatable bonds is 9. The van der Waals surface area contributed by atoms with Crippen molar-refractivity contribution in [2.24, 2.45) is 7.05 Å². The van der Waals surface area contributed by atoms with Gasteiger partial charge < -0.3 is 23.7 Å². The molecule has 0 radical (unpaired) electrons. The number of furan rings is 1. The van der Waals surface area contributed by atoms with Crippen LogP contribution in [0.3, 0.4) is 0 Å². The van der Waals surface area contributed by atoms with Crippen molar-refractivity contribution in [3.63, 3.8) is 0 Å². The van der Waals surface area contributed by atoms with E-state index in [1.54, 1.807) is 32.4 Å². The summed E-state index contributed by atoms with van der Waals surface area (Å²) in [7, 11) is 9.20. The van der Waals surface area contributed by atoms with Crippen LogP contribution in [0, 0.1) is 0 Å². The second kappa shape index (κ2) is 10.3. The fraction of sp³-hybridized carbons (Fsp3) is 0.462. The van der Waals surface area contributed by atoms with E-state index >= 15 is 0 Å². The average molecular weight is 467 g/mol. The zero-order valence-electron chi connectivity index (χ0n) is 20.7. The summed E-state index contributed by atoms with van der Waals surface area (Å²) in [5.74, 6) is 2.18. The number of fused-ring (bicyclic) bond motifs is 1. The molecule has 0 saturated carbocycles. The Bertz CT molecular complexity index is 1120. The molecule has 3 aromatic rings. The van der Waals surface area contributed by atoms with Gasteiger partial charge in [-0.1, -0.05) is 6.07 Å². The molecule has 1 aliphatic carbocycles. The number of hydrogen-bond acceptors (Lipinski definition) is 6. The molecular weight excluding hydrogens is 432 g/mol. The second-order valence-electron chi connectivity index (χ2n) is 8.95. The molecule has 1 aromatic carbocycles. The molecule has 182 valence electrons. The number of methoxy groups -OCH3 is 2. The molecule has 8 nitrogen and oxygen atoms in total. The smallest absolute Gasteiger partial charge is 0.274 e. The number of aromatic nitrogens is 2. The highest BCUT2D eigenvalue weighted by Gasteiger charge is 2.31. The minimum atomic E-state index is -0.0677. The van der Waals surface area contributed by atoms with E-state index in [1.165, 1.54) is 11.3 Å². The second-order valence-corrected chi connectivity index (χ2v) is 8.95. The highest BCUT2D eigenvalue weighted by atomic mass is 16.5. The van der Waals surface area contributed by atoms with Gasteiger partial charge in [-0.15, -0.1) is 0 Å². The van der Waals surface area contributed by atoms with Gasteiger partial charge in [0.2, 0.25) is 0 Å². The van der Waals surface area contributed by atoms with Gasteiger partial charge in [0.05, 0.1) is 27.0 Å². The third kappa shape index (κ3) is 4.97. The van der Waals surface area contributed by atoms with Crippen molar-refractivity contribution < 1.29 is 18.7 Å². The summed E-state index contributed by atoms with van der Waals surface area (Å²) < 4.78 is 18.1. The van der Waals surface area contributed by atoms with E-state index in [9.17, 15) is 4.79 Å². The molecule has 0 saturated heterocycles. The van der Waals surface area contributed by atoms with Crippen molar-refractivity contribution in [2.45, 2.75) is 38.3 Å². The third-order valence-corrected chi connectivity index (χ3v) is 6.78. The Morgan fingerprint density at radius 3 is 2.71 bits per heavy atom. The highest BCUT2D eigenvalue weighted by molar-refractivity contribution is 5.94. The van der Waals surface area contributed by atoms with Gasteiger partial charge in [-0.25, -0.2) is 0 Å². The lowest BCUT2D eigenvalue weighted by molar-refractivity contribution is 0.0767. The van der Waals surface area contributed by atoms with E-state index in [0.717, 1.165) is 55.1 Å². The number of likely N-dealkylation sites (N-methyl/N-ethyl adjacent to an activating group) is 1. The van der Waals surface area contributed by atoms with Gasteiger partial charge in [-0.2, -0.15) is 5.10 Å². The lowest BCUT2D eigenvalue weighted by Crippen LogP contribution is -2.38. The molecule has 0 fully saturated rings. The maximum atomic E-state index is 13.2. The molecule has 1 amide bonds. The number of carbonyl (C=O) groups excluding carboxylic acids is 1. The van der Waals surface area contributed by atoms with Crippen molar-refractivity contribution in [3.05, 3.63) is 64.9 Å². The van der Waals surface area contributed by atoms with Crippen molar-refractivity contribution in [1.29, 1.82) is 0 Å². The van der Waals surface area contributed by atoms with E-state index in [2.05, 4.69) is 23.1 Å². The predicted octanol–water partition coefficient (Wildman–Crippen LogP) is 3.33. The van der Waals surface area contributed by atoms with E-state index in [-0.39, 0.29) is 5.91 Å². The first kappa shape index (κ1) is 23.9. The first-order valence-corrected chi connectivity index (χ1v) is 11.6. The quantitative estimate of drug-likeness (QED) is 0.482. The highest BCUT2D eigenvalue weighted by Crippen LogP contribution is 2.29. The molecule has 0 N–H and O–H groups in total. The SMILES string of the molecule is COc1ccc(CCN(C)C2CCc3c(c(C(=O)N(C)Cc4ccco4)nn3C)C2)cc1OC. The fourth-order valence-corrected chi connectivity index (χ4v) is 4.73. The molecular formula is C26H34N4O4. The fourth-order valence-electron chi connectivity index (χ4n) is 4.73. The Morgan fingerprint density at radius 1 is 1.21 bits per heavy atom. The minimum Gasteiger partial charge on any atom is -0.493 e. The number of aryl methyl sites for hydroxylation is 1. The predicted molar refractivity (Wildman–Crippen MR) is 129 cm³/mol. The molecule has 4 rings (SSSR count). The molecule has 1 unspecified atom stereocenters. The topological polar surface area (TPSA) is 73.0 Å². The summed E-state index contributed by atoms with van der Waals surface area (Å²) in [5.41, 5.74) is 4.01. The van der Waals surface area contributed by atoms with Crippen molar-refractivity contribution in [2.75, 3.05) is 34.9 Å². The molecule has 0 bridgehead atoms. The Balaban J connectivity index is 1.43. The van der Waals surface area contributed by atoms with Crippen LogP contribution in [0.1, 0.15) is 39.5 Å². The number of benzene rings is 1. The molecule has 2 heterocycles. The number of ether oxygens (including phenoxy) is 2. The molecule has 0 aliphatic heterocycles. The van der Waals surface area contributed by atoms with Gasteiger partial charge in [-0.05, 0) is 62.6 Å². The molecule has 2 aromatic heterocycles. The monoisotopic (exact) mass is 466 g/mol. The first-order chi connectivity index (χ1) is 16.4. The van der Waals surface area contributed by atoms with Gasteiger partial charge in [0.15, 0.2) is 17.2 Å². The third-order valence-electron chi connectivity index (χ3n) is 6.78. The summed E-state index contributed by atoms with van der Waals surface area (Å²) in [6.07, 6.45) is 5.31. The Hall–Kier alpha value is -3.26. The van der Waals surface area contributed by atoms with E-state index in [1.807, 2.05) is 36.0 Å². The summed E-state index contributed by atoms with van der Waals surface area (Å²) in [5, 5.41) is 4.62. The maximum absolute atomic E-state index is 13.2. The number of hydrogen-bond donors (Lipinski definition) is 0. The van der Waals surface area contributed by atoms with Crippen LogP contribution in [0.25, 0.3) is 0 Å². The van der Waals surface area contributed by atoms with Crippen molar-refractivity contribution in [3.8, 4) is 11.5 Å². The van der Waals surface area contributed by atoms with Crippen LogP contribution in [-0.4, -0.2) is 66.4 Å². The standard InChI is InChI=1S/C26H34N4O4/c1-28(13-12-18-8-11-23(32-4)24(15-18)33-5)19-9-10-22-21(16-19)25(27-30(22)3)26(31)29(2)17-20-7-6-14-34-20/h6-8,11,14-15,19H,9-10,12-13,16-17H2,1-5H3. The normalized spacial score (nSPS) is 15.3. The van der Waals surface area contributed by atoms with Crippen molar-refractivity contribution >= 4 is 5.91 Å². The number of carbonyl (C=O) groups is 1. The Labute approximate surface area is 201 Å². The van der Waals surface area contributed by atoms with Gasteiger partial charge in [0.25, 0.3) is 5.91 Å². The van der Waals surface area contributed by atoms with Gasteiger partial charge in [-0.3, -0.25) is 9.48 Å². The molecule has 1 atom stereocenters. The zero-order chi connectivity index (χ0) is 24.2. The average Bonchev–Trinajstić information content (AvgIpc) is 3.49. The summed E-state index contributed by atoms with van der Waals surface area (Å²) >= 11 is 0. The lowest BCUT2D eigenvalue weighted by Gasteiger charge is -2.32. The van der Waals surface area contributed by atoms with Gasteiger partial charge >= 0.3 is 0 Å². The first-order valence-electron chi connectivity index (χ1n) is 11.6. The minimum absolute atomic E-state index is 0.0677. The molecule has 1 aliphatic rings. The van der Waals surface area contributed by atoms with Crippen LogP contribution >= 0.6 is 0 Å². The van der Waals surface area contributed by atoms with Gasteiger partial charge in [0, 0.05) is 37.9 Å². The van der Waals surface area contributed by atoms with Crippen molar-refractivity contribution in [1.82, 2.24) is 19.6 Å². The van der Waals surface area contributed by atoms with Crippen LogP contribution in [-0.2, 0) is 32.9 Å². The van der Waals surface area contributed by atoms with Crippen LogP contribution in [0.5, 0.6) is 11.5 Å². The van der Waals surface area contributed by atoms with Crippen LogP contribution < -0.4 is 9.47 Å². The van der Waals surface area contributed by atoms with E-state index < -0.39 is 0 Å². The zero-order valence-corrected chi connectivity index (χ0v) is 20.7. The number of amides is 1. The van der Waals surface area contributed by atoms with Crippen LogP contribution in [0.4, 0.5) is 0 Å². The lowest BCUT2D eigenvalue weighted by atomic mass is 9.90. The Morgan fingerprint density at radius 2 is 2.00 bits per heavy atom. The van der Waals surface area contributed by atoms with E-state index in [0.29, 0.717) is 18.3 Å². The van der Waals surface area contributed by atoms with Gasteiger partial charge in [0.1, 0.15) is 5.76 Å². The molecule has 34 heavy (non-hydrogen) atoms.